The van der Waals surface area contributed by atoms with Gasteiger partial charge in [0.15, 0.2) is 15.5 Å². The Hall–Kier alpha value is -4.36. The summed E-state index contributed by atoms with van der Waals surface area (Å²) in [6, 6.07) is 13.6. The maximum atomic E-state index is 13.1. The summed E-state index contributed by atoms with van der Waals surface area (Å²) in [4.78, 5) is 28.6. The van der Waals surface area contributed by atoms with Gasteiger partial charge in [-0.1, -0.05) is 36.4 Å². The lowest BCUT2D eigenvalue weighted by atomic mass is 9.87. The second kappa shape index (κ2) is 10.5. The molecule has 2 fully saturated rings. The number of nitrogens with two attached hydrogens (primary N) is 1. The molecule has 2 bridgehead atoms. The van der Waals surface area contributed by atoms with Crippen molar-refractivity contribution in [3.63, 3.8) is 0 Å². The Morgan fingerprint density at radius 2 is 1.74 bits per heavy atom. The van der Waals surface area contributed by atoms with E-state index in [4.69, 9.17) is 10.7 Å². The monoisotopic (exact) mass is 605 g/mol. The highest BCUT2D eigenvalue weighted by molar-refractivity contribution is 7.91. The number of aromatic amines is 1. The van der Waals surface area contributed by atoms with Crippen LogP contribution >= 0.6 is 12.4 Å². The normalized spacial score (nSPS) is 20.0. The molecule has 12 nitrogen and oxygen atoms in total. The van der Waals surface area contributed by atoms with E-state index in [0.717, 1.165) is 35.9 Å². The number of aromatic nitrogens is 7. The highest BCUT2D eigenvalue weighted by Gasteiger charge is 2.46. The molecule has 2 aliphatic rings. The van der Waals surface area contributed by atoms with Crippen molar-refractivity contribution in [2.75, 3.05) is 12.0 Å². The van der Waals surface area contributed by atoms with Crippen LogP contribution in [-0.4, -0.2) is 72.3 Å². The number of piperidine rings is 1. The molecular weight excluding hydrogens is 578 g/mol. The quantitative estimate of drug-likeness (QED) is 0.305. The number of rotatable bonds is 5. The molecule has 1 aromatic carbocycles. The number of fused-ring (bicyclic) bond motifs is 3. The summed E-state index contributed by atoms with van der Waals surface area (Å²) in [6.45, 7) is 0. The number of sulfone groups is 1. The third kappa shape index (κ3) is 4.58. The first-order valence-electron chi connectivity index (χ1n) is 13.4. The Morgan fingerprint density at radius 3 is 2.36 bits per heavy atom. The molecule has 1 amide bonds. The Balaban J connectivity index is 0.00000316. The number of H-pyrrole nitrogens is 1. The molecule has 216 valence electrons. The summed E-state index contributed by atoms with van der Waals surface area (Å²) in [5.41, 5.74) is 10.7. The number of amides is 1. The fourth-order valence-corrected chi connectivity index (χ4v) is 7.43. The number of nitrogens with zero attached hydrogens (tertiary/aromatic N) is 7. The largest absolute Gasteiger partial charge is 0.382 e. The summed E-state index contributed by atoms with van der Waals surface area (Å²) in [5.74, 6) is -0.161. The van der Waals surface area contributed by atoms with E-state index in [1.165, 1.54) is 10.8 Å². The molecule has 0 aliphatic carbocycles. The van der Waals surface area contributed by atoms with Crippen LogP contribution < -0.4 is 5.73 Å². The second-order valence-electron chi connectivity index (χ2n) is 10.7. The zero-order chi connectivity index (χ0) is 28.3. The Labute approximate surface area is 247 Å². The van der Waals surface area contributed by atoms with Gasteiger partial charge in [-0.2, -0.15) is 14.7 Å². The van der Waals surface area contributed by atoms with Crippen molar-refractivity contribution in [2.45, 2.75) is 48.6 Å². The van der Waals surface area contributed by atoms with Gasteiger partial charge in [0.05, 0.1) is 17.6 Å². The van der Waals surface area contributed by atoms with Crippen LogP contribution in [0.1, 0.15) is 47.9 Å². The van der Waals surface area contributed by atoms with Crippen molar-refractivity contribution in [3.8, 4) is 22.4 Å². The van der Waals surface area contributed by atoms with Crippen LogP contribution in [0.15, 0.2) is 66.1 Å². The number of carbonyl (C=O) groups excluding carboxylic acids is 1. The van der Waals surface area contributed by atoms with E-state index in [1.54, 1.807) is 12.4 Å². The van der Waals surface area contributed by atoms with E-state index in [0.29, 0.717) is 29.7 Å². The molecule has 7 rings (SSSR count). The molecule has 14 heteroatoms. The topological polar surface area (TPSA) is 165 Å². The summed E-state index contributed by atoms with van der Waals surface area (Å²) in [5, 5.41) is 10.9. The lowest BCUT2D eigenvalue weighted by Gasteiger charge is -2.38. The van der Waals surface area contributed by atoms with Gasteiger partial charge < -0.3 is 10.6 Å². The molecule has 0 saturated carbocycles. The van der Waals surface area contributed by atoms with Gasteiger partial charge in [0.1, 0.15) is 17.0 Å². The van der Waals surface area contributed by atoms with Crippen LogP contribution in [0.5, 0.6) is 0 Å². The third-order valence-electron chi connectivity index (χ3n) is 8.15. The highest BCUT2D eigenvalue weighted by atomic mass is 35.5. The minimum absolute atomic E-state index is 0. The van der Waals surface area contributed by atoms with E-state index < -0.39 is 9.84 Å². The van der Waals surface area contributed by atoms with Crippen molar-refractivity contribution in [1.29, 1.82) is 0 Å². The van der Waals surface area contributed by atoms with Gasteiger partial charge in [0.2, 0.25) is 5.82 Å². The number of hydrogen-bond donors (Lipinski definition) is 2. The minimum Gasteiger partial charge on any atom is -0.382 e. The molecule has 3 N–H and O–H groups in total. The SMILES string of the molecule is CS(=O)(=O)c1c(C2C[C@H]3CC[C@@H](C2)N3C(=O)c2ncn[nH]2)nc2c(-c3ccc(-c4ccccc4)nc3)cnn2c1N.Cl. The number of hydrogen-bond acceptors (Lipinski definition) is 9. The zero-order valence-corrected chi connectivity index (χ0v) is 24.2. The molecule has 0 spiro atoms. The molecule has 42 heavy (non-hydrogen) atoms. The van der Waals surface area contributed by atoms with Gasteiger partial charge in [0, 0.05) is 47.1 Å². The van der Waals surface area contributed by atoms with E-state index in [1.807, 2.05) is 47.4 Å². The molecule has 2 aliphatic heterocycles. The van der Waals surface area contributed by atoms with Crippen molar-refractivity contribution in [2.24, 2.45) is 0 Å². The highest BCUT2D eigenvalue weighted by Crippen LogP contribution is 2.45. The number of pyridine rings is 1. The smallest absolute Gasteiger partial charge is 0.291 e. The predicted molar refractivity (Wildman–Crippen MR) is 158 cm³/mol. The van der Waals surface area contributed by atoms with Crippen molar-refractivity contribution in [1.82, 2.24) is 39.7 Å². The maximum Gasteiger partial charge on any atom is 0.291 e. The van der Waals surface area contributed by atoms with E-state index in [2.05, 4.69) is 25.3 Å². The fourth-order valence-electron chi connectivity index (χ4n) is 6.37. The lowest BCUT2D eigenvalue weighted by molar-refractivity contribution is 0.0556. The first kappa shape index (κ1) is 27.8. The molecule has 3 atom stereocenters. The van der Waals surface area contributed by atoms with Crippen LogP contribution in [-0.2, 0) is 9.84 Å². The third-order valence-corrected chi connectivity index (χ3v) is 9.31. The van der Waals surface area contributed by atoms with E-state index in [-0.39, 0.29) is 52.9 Å². The number of halogens is 1. The number of benzene rings is 1. The van der Waals surface area contributed by atoms with Gasteiger partial charge in [-0.25, -0.2) is 18.4 Å². The van der Waals surface area contributed by atoms with Gasteiger partial charge in [-0.05, 0) is 31.7 Å². The second-order valence-corrected chi connectivity index (χ2v) is 12.6. The standard InChI is InChI=1S/C28H27N9O3S.ClH/c1-41(39,40)24-23(18-11-19-8-9-20(12-18)36(19)28(38)26-31-15-32-35-26)34-27-21(14-33-37(27)25(24)29)17-7-10-22(30-13-17)16-5-3-2-4-6-16;/h2-7,10,13-15,18-20H,8-9,11-12,29H2,1H3,(H,31,32,35);1H/t18?,19-,20+;. The van der Waals surface area contributed by atoms with Gasteiger partial charge in [0.25, 0.3) is 5.91 Å². The Bertz CT molecular complexity index is 1860. The lowest BCUT2D eigenvalue weighted by Crippen LogP contribution is -2.46. The van der Waals surface area contributed by atoms with Gasteiger partial charge >= 0.3 is 0 Å². The first-order chi connectivity index (χ1) is 19.8. The molecule has 2 saturated heterocycles. The number of nitrogen functional groups attached to an aromatic ring is 1. The van der Waals surface area contributed by atoms with Crippen LogP contribution in [0.25, 0.3) is 28.0 Å². The average molecular weight is 606 g/mol. The molecule has 1 unspecified atom stereocenters. The Morgan fingerprint density at radius 1 is 1.00 bits per heavy atom. The molecule has 6 heterocycles. The zero-order valence-electron chi connectivity index (χ0n) is 22.6. The van der Waals surface area contributed by atoms with E-state index in [9.17, 15) is 13.2 Å². The number of anilines is 1. The summed E-state index contributed by atoms with van der Waals surface area (Å²) >= 11 is 0. The van der Waals surface area contributed by atoms with Crippen LogP contribution in [0.2, 0.25) is 0 Å². The fraction of sp³-hybridized carbons (Fsp3) is 0.286. The summed E-state index contributed by atoms with van der Waals surface area (Å²) in [6.07, 6.45) is 8.64. The van der Waals surface area contributed by atoms with Crippen LogP contribution in [0.4, 0.5) is 5.82 Å². The number of nitrogens with one attached hydrogen (secondary N) is 1. The van der Waals surface area contributed by atoms with E-state index >= 15 is 0 Å². The molecule has 4 aromatic heterocycles. The van der Waals surface area contributed by atoms with Crippen molar-refractivity contribution < 1.29 is 13.2 Å². The summed E-state index contributed by atoms with van der Waals surface area (Å²) in [7, 11) is -3.74. The first-order valence-corrected chi connectivity index (χ1v) is 15.3. The Kier molecular flexibility index (Phi) is 6.93. The minimum atomic E-state index is -3.74. The molecule has 0 radical (unpaired) electrons. The maximum absolute atomic E-state index is 13.1. The van der Waals surface area contributed by atoms with Crippen molar-refractivity contribution in [3.05, 3.63) is 72.7 Å². The summed E-state index contributed by atoms with van der Waals surface area (Å²) < 4.78 is 27.5. The average Bonchev–Trinajstić information content (AvgIpc) is 3.71. The van der Waals surface area contributed by atoms with Crippen LogP contribution in [0.3, 0.4) is 0 Å². The van der Waals surface area contributed by atoms with Crippen molar-refractivity contribution >= 4 is 39.6 Å². The predicted octanol–water partition coefficient (Wildman–Crippen LogP) is 3.53. The molecule has 5 aromatic rings. The van der Waals surface area contributed by atoms with Gasteiger partial charge in [-0.3, -0.25) is 14.9 Å². The van der Waals surface area contributed by atoms with Gasteiger partial charge in [-0.15, -0.1) is 12.4 Å². The number of carbonyl (C=O) groups is 1. The van der Waals surface area contributed by atoms with Crippen LogP contribution in [0, 0.1) is 0 Å². The molecular formula is C28H28ClN9O3S.